The van der Waals surface area contributed by atoms with Crippen molar-refractivity contribution >= 4 is 5.95 Å². The first-order valence-electron chi connectivity index (χ1n) is 6.68. The van der Waals surface area contributed by atoms with E-state index in [4.69, 9.17) is 9.26 Å². The van der Waals surface area contributed by atoms with Crippen LogP contribution >= 0.6 is 0 Å². The molecule has 2 aromatic rings. The number of hydrogen-bond acceptors (Lipinski definition) is 7. The van der Waals surface area contributed by atoms with Crippen molar-refractivity contribution in [2.45, 2.75) is 25.7 Å². The van der Waals surface area contributed by atoms with E-state index in [1.807, 2.05) is 6.92 Å². The van der Waals surface area contributed by atoms with Gasteiger partial charge in [-0.3, -0.25) is 0 Å². The molecule has 0 unspecified atom stereocenters. The van der Waals surface area contributed by atoms with Crippen LogP contribution in [0.15, 0.2) is 16.8 Å². The Hall–Kier alpha value is -2.18. The molecule has 7 nitrogen and oxygen atoms in total. The van der Waals surface area contributed by atoms with Crippen molar-refractivity contribution in [1.29, 1.82) is 0 Å². The Morgan fingerprint density at radius 3 is 2.75 bits per heavy atom. The van der Waals surface area contributed by atoms with Crippen LogP contribution in [0.2, 0.25) is 0 Å². The highest BCUT2D eigenvalue weighted by molar-refractivity contribution is 5.32. The third-order valence-corrected chi connectivity index (χ3v) is 3.50. The van der Waals surface area contributed by atoms with E-state index in [0.29, 0.717) is 23.6 Å². The van der Waals surface area contributed by atoms with Gasteiger partial charge in [0.1, 0.15) is 0 Å². The summed E-state index contributed by atoms with van der Waals surface area (Å²) >= 11 is 0. The van der Waals surface area contributed by atoms with Crippen LogP contribution in [-0.2, 0) is 0 Å². The van der Waals surface area contributed by atoms with Gasteiger partial charge in [0.15, 0.2) is 5.82 Å². The van der Waals surface area contributed by atoms with Gasteiger partial charge in [0.2, 0.25) is 17.7 Å². The van der Waals surface area contributed by atoms with E-state index in [0.717, 1.165) is 31.8 Å². The Bertz CT molecular complexity index is 578. The number of aromatic nitrogens is 4. The summed E-state index contributed by atoms with van der Waals surface area (Å²) < 4.78 is 10.4. The first-order valence-corrected chi connectivity index (χ1v) is 6.68. The van der Waals surface area contributed by atoms with Gasteiger partial charge >= 0.3 is 0 Å². The number of rotatable bonds is 3. The first kappa shape index (κ1) is 12.8. The summed E-state index contributed by atoms with van der Waals surface area (Å²) in [5, 5.41) is 3.85. The molecule has 0 atom stereocenters. The lowest BCUT2D eigenvalue weighted by atomic mass is 9.97. The topological polar surface area (TPSA) is 77.2 Å². The largest absolute Gasteiger partial charge is 0.481 e. The molecule has 1 fully saturated rings. The Balaban J connectivity index is 1.66. The lowest BCUT2D eigenvalue weighted by molar-refractivity contribution is 0.326. The highest BCUT2D eigenvalue weighted by Gasteiger charge is 2.26. The van der Waals surface area contributed by atoms with Crippen molar-refractivity contribution in [2.75, 3.05) is 25.1 Å². The van der Waals surface area contributed by atoms with Crippen molar-refractivity contribution in [3.63, 3.8) is 0 Å². The SMILES string of the molecule is COc1ccnc(N2CCC(c3nc(C)no3)CC2)n1. The third-order valence-electron chi connectivity index (χ3n) is 3.50. The van der Waals surface area contributed by atoms with Gasteiger partial charge in [0.25, 0.3) is 0 Å². The molecule has 0 bridgehead atoms. The van der Waals surface area contributed by atoms with Crippen LogP contribution in [0, 0.1) is 6.92 Å². The fourth-order valence-corrected chi connectivity index (χ4v) is 2.40. The molecule has 0 N–H and O–H groups in total. The summed E-state index contributed by atoms with van der Waals surface area (Å²) in [7, 11) is 1.61. The maximum Gasteiger partial charge on any atom is 0.229 e. The van der Waals surface area contributed by atoms with Crippen LogP contribution in [0.5, 0.6) is 5.88 Å². The highest BCUT2D eigenvalue weighted by Crippen LogP contribution is 2.28. The van der Waals surface area contributed by atoms with Crippen molar-refractivity contribution in [3.8, 4) is 5.88 Å². The van der Waals surface area contributed by atoms with Gasteiger partial charge in [-0.2, -0.15) is 9.97 Å². The molecule has 20 heavy (non-hydrogen) atoms. The van der Waals surface area contributed by atoms with Crippen LogP contribution in [0.4, 0.5) is 5.95 Å². The maximum atomic E-state index is 5.25. The van der Waals surface area contributed by atoms with E-state index in [9.17, 15) is 0 Å². The van der Waals surface area contributed by atoms with Crippen molar-refractivity contribution < 1.29 is 9.26 Å². The number of piperidine rings is 1. The summed E-state index contributed by atoms with van der Waals surface area (Å²) in [5.74, 6) is 3.07. The molecular weight excluding hydrogens is 258 g/mol. The van der Waals surface area contributed by atoms with Crippen molar-refractivity contribution in [3.05, 3.63) is 24.0 Å². The quantitative estimate of drug-likeness (QED) is 0.841. The molecule has 3 heterocycles. The molecule has 0 aromatic carbocycles. The molecule has 0 radical (unpaired) electrons. The van der Waals surface area contributed by atoms with E-state index < -0.39 is 0 Å². The summed E-state index contributed by atoms with van der Waals surface area (Å²) in [5.41, 5.74) is 0. The average Bonchev–Trinajstić information content (AvgIpc) is 2.94. The summed E-state index contributed by atoms with van der Waals surface area (Å²) in [4.78, 5) is 15.1. The van der Waals surface area contributed by atoms with Crippen LogP contribution < -0.4 is 9.64 Å². The van der Waals surface area contributed by atoms with Crippen LogP contribution in [0.1, 0.15) is 30.5 Å². The van der Waals surface area contributed by atoms with Gasteiger partial charge < -0.3 is 14.2 Å². The van der Waals surface area contributed by atoms with Crippen LogP contribution in [-0.4, -0.2) is 40.3 Å². The van der Waals surface area contributed by atoms with Gasteiger partial charge in [0, 0.05) is 31.3 Å². The third kappa shape index (κ3) is 2.56. The molecule has 2 aromatic heterocycles. The number of ether oxygens (including phenoxy) is 1. The van der Waals surface area contributed by atoms with Gasteiger partial charge in [-0.1, -0.05) is 5.16 Å². The Morgan fingerprint density at radius 2 is 2.10 bits per heavy atom. The average molecular weight is 275 g/mol. The predicted octanol–water partition coefficient (Wildman–Crippen LogP) is 1.56. The highest BCUT2D eigenvalue weighted by atomic mass is 16.5. The fraction of sp³-hybridized carbons (Fsp3) is 0.538. The van der Waals surface area contributed by atoms with Crippen LogP contribution in [0.3, 0.4) is 0 Å². The van der Waals surface area contributed by atoms with Gasteiger partial charge in [-0.25, -0.2) is 4.98 Å². The molecule has 106 valence electrons. The molecule has 0 amide bonds. The van der Waals surface area contributed by atoms with E-state index >= 15 is 0 Å². The monoisotopic (exact) mass is 275 g/mol. The lowest BCUT2D eigenvalue weighted by Crippen LogP contribution is -2.34. The van der Waals surface area contributed by atoms with Gasteiger partial charge in [0.05, 0.1) is 7.11 Å². The van der Waals surface area contributed by atoms with Gasteiger partial charge in [-0.15, -0.1) is 0 Å². The molecule has 0 aliphatic carbocycles. The molecule has 1 aliphatic rings. The minimum Gasteiger partial charge on any atom is -0.481 e. The fourth-order valence-electron chi connectivity index (χ4n) is 2.40. The first-order chi connectivity index (χ1) is 9.76. The number of nitrogens with zero attached hydrogens (tertiary/aromatic N) is 5. The normalized spacial score (nSPS) is 16.4. The minimum atomic E-state index is 0.332. The number of methoxy groups -OCH3 is 1. The number of aryl methyl sites for hydroxylation is 1. The predicted molar refractivity (Wildman–Crippen MR) is 71.8 cm³/mol. The van der Waals surface area contributed by atoms with Crippen LogP contribution in [0.25, 0.3) is 0 Å². The van der Waals surface area contributed by atoms with E-state index in [-0.39, 0.29) is 0 Å². The lowest BCUT2D eigenvalue weighted by Gasteiger charge is -2.30. The molecule has 0 spiro atoms. The Morgan fingerprint density at radius 1 is 1.30 bits per heavy atom. The molecular formula is C13H17N5O2. The summed E-state index contributed by atoms with van der Waals surface area (Å²) in [6.07, 6.45) is 3.64. The summed E-state index contributed by atoms with van der Waals surface area (Å²) in [6.45, 7) is 3.59. The zero-order chi connectivity index (χ0) is 13.9. The zero-order valence-electron chi connectivity index (χ0n) is 11.6. The van der Waals surface area contributed by atoms with Crippen molar-refractivity contribution in [1.82, 2.24) is 20.1 Å². The molecule has 7 heteroatoms. The minimum absolute atomic E-state index is 0.332. The van der Waals surface area contributed by atoms with Crippen molar-refractivity contribution in [2.24, 2.45) is 0 Å². The van der Waals surface area contributed by atoms with Gasteiger partial charge in [-0.05, 0) is 19.8 Å². The smallest absolute Gasteiger partial charge is 0.229 e. The molecule has 1 saturated heterocycles. The zero-order valence-corrected chi connectivity index (χ0v) is 11.6. The molecule has 3 rings (SSSR count). The second-order valence-electron chi connectivity index (χ2n) is 4.84. The number of hydrogen-bond donors (Lipinski definition) is 0. The standard InChI is InChI=1S/C13H17N5O2/c1-9-15-12(20-17-9)10-4-7-18(8-5-10)13-14-6-3-11(16-13)19-2/h3,6,10H,4-5,7-8H2,1-2H3. The Kier molecular flexibility index (Phi) is 3.49. The van der Waals surface area contributed by atoms with E-state index in [2.05, 4.69) is 25.0 Å². The number of anilines is 1. The van der Waals surface area contributed by atoms with E-state index in [1.165, 1.54) is 0 Å². The Labute approximate surface area is 117 Å². The molecule has 0 saturated carbocycles. The summed E-state index contributed by atoms with van der Waals surface area (Å²) in [6, 6.07) is 1.75. The molecule has 1 aliphatic heterocycles. The maximum absolute atomic E-state index is 5.25. The van der Waals surface area contributed by atoms with E-state index in [1.54, 1.807) is 19.4 Å². The second-order valence-corrected chi connectivity index (χ2v) is 4.84. The second kappa shape index (κ2) is 5.44.